The number of hydrogen-bond donors (Lipinski definition) is 2. The third-order valence-electron chi connectivity index (χ3n) is 1.95. The van der Waals surface area contributed by atoms with Crippen molar-refractivity contribution in [3.05, 3.63) is 0 Å². The zero-order chi connectivity index (χ0) is 9.14. The molecule has 1 aliphatic rings. The molecule has 3 nitrogen and oxygen atoms in total. The number of thioether (sulfide) groups is 1. The third-order valence-corrected chi connectivity index (χ3v) is 3.13. The van der Waals surface area contributed by atoms with E-state index in [0.717, 1.165) is 11.5 Å². The first-order valence-corrected chi connectivity index (χ1v) is 5.33. The van der Waals surface area contributed by atoms with Crippen molar-refractivity contribution in [3.8, 4) is 0 Å². The van der Waals surface area contributed by atoms with E-state index in [0.29, 0.717) is 6.04 Å². The largest absolute Gasteiger partial charge is 0.481 e. The summed E-state index contributed by atoms with van der Waals surface area (Å²) in [5.74, 6) is 0.810. The zero-order valence-corrected chi connectivity index (χ0v) is 8.23. The van der Waals surface area contributed by atoms with Crippen LogP contribution in [0.5, 0.6) is 0 Å². The lowest BCUT2D eigenvalue weighted by Crippen LogP contribution is -2.42. The van der Waals surface area contributed by atoms with Crippen LogP contribution in [-0.2, 0) is 4.79 Å². The number of aliphatic carboxylic acids is 1. The lowest BCUT2D eigenvalue weighted by atomic mass is 10.0. The molecule has 12 heavy (non-hydrogen) atoms. The highest BCUT2D eigenvalue weighted by molar-refractivity contribution is 7.99. The molecule has 1 aliphatic heterocycles. The molecule has 1 fully saturated rings. The van der Waals surface area contributed by atoms with Gasteiger partial charge in [-0.25, -0.2) is 0 Å². The minimum absolute atomic E-state index is 0.160. The molecule has 2 unspecified atom stereocenters. The van der Waals surface area contributed by atoms with E-state index in [4.69, 9.17) is 5.11 Å². The van der Waals surface area contributed by atoms with Crippen molar-refractivity contribution in [2.24, 2.45) is 5.92 Å². The quantitative estimate of drug-likeness (QED) is 0.689. The molecule has 4 heteroatoms. The van der Waals surface area contributed by atoms with E-state index in [9.17, 15) is 4.79 Å². The second kappa shape index (κ2) is 4.14. The molecule has 0 aromatic rings. The van der Waals surface area contributed by atoms with E-state index in [1.54, 1.807) is 11.8 Å². The van der Waals surface area contributed by atoms with Gasteiger partial charge in [0, 0.05) is 23.6 Å². The van der Waals surface area contributed by atoms with Gasteiger partial charge in [-0.3, -0.25) is 4.79 Å². The number of nitrogens with one attached hydrogen (secondary N) is 1. The Balaban J connectivity index is 2.46. The average Bonchev–Trinajstić information content (AvgIpc) is 2.33. The fourth-order valence-electron chi connectivity index (χ4n) is 1.39. The highest BCUT2D eigenvalue weighted by Gasteiger charge is 2.33. The number of carbonyl (C=O) groups is 1. The molecule has 1 saturated heterocycles. The Bertz CT molecular complexity index is 172. The van der Waals surface area contributed by atoms with Gasteiger partial charge in [-0.1, -0.05) is 13.8 Å². The van der Waals surface area contributed by atoms with Gasteiger partial charge in [0.05, 0.1) is 5.92 Å². The predicted octanol–water partition coefficient (Wildman–Crippen LogP) is 0.801. The first-order chi connectivity index (χ1) is 5.61. The maximum atomic E-state index is 10.7. The summed E-state index contributed by atoms with van der Waals surface area (Å²) in [5.41, 5.74) is 0. The van der Waals surface area contributed by atoms with Crippen LogP contribution in [-0.4, -0.2) is 34.7 Å². The molecule has 2 atom stereocenters. The lowest BCUT2D eigenvalue weighted by Gasteiger charge is -2.19. The van der Waals surface area contributed by atoms with E-state index in [2.05, 4.69) is 5.32 Å². The molecule has 1 heterocycles. The first kappa shape index (κ1) is 9.86. The van der Waals surface area contributed by atoms with Crippen molar-refractivity contribution in [2.45, 2.75) is 25.9 Å². The molecule has 70 valence electrons. The van der Waals surface area contributed by atoms with Gasteiger partial charge in [0.25, 0.3) is 0 Å². The van der Waals surface area contributed by atoms with Gasteiger partial charge < -0.3 is 10.4 Å². The predicted molar refractivity (Wildman–Crippen MR) is 50.5 cm³/mol. The van der Waals surface area contributed by atoms with E-state index in [1.807, 2.05) is 13.8 Å². The summed E-state index contributed by atoms with van der Waals surface area (Å²) in [6.45, 7) is 4.09. The Morgan fingerprint density at radius 3 is 2.75 bits per heavy atom. The standard InChI is InChI=1S/C8H15NO2S/c1-5(2)9-7-4-12-3-6(7)8(10)11/h5-7,9H,3-4H2,1-2H3,(H,10,11). The summed E-state index contributed by atoms with van der Waals surface area (Å²) in [6, 6.07) is 0.531. The summed E-state index contributed by atoms with van der Waals surface area (Å²) < 4.78 is 0. The van der Waals surface area contributed by atoms with Crippen LogP contribution >= 0.6 is 11.8 Å². The van der Waals surface area contributed by atoms with Crippen molar-refractivity contribution >= 4 is 17.7 Å². The Morgan fingerprint density at radius 2 is 2.25 bits per heavy atom. The van der Waals surface area contributed by atoms with Crippen LogP contribution in [0.3, 0.4) is 0 Å². The van der Waals surface area contributed by atoms with Crippen molar-refractivity contribution < 1.29 is 9.90 Å². The van der Waals surface area contributed by atoms with Gasteiger partial charge in [-0.2, -0.15) is 11.8 Å². The molecular weight excluding hydrogens is 174 g/mol. The summed E-state index contributed by atoms with van der Waals surface area (Å²) in [6.07, 6.45) is 0. The van der Waals surface area contributed by atoms with Gasteiger partial charge in [0.15, 0.2) is 0 Å². The van der Waals surface area contributed by atoms with Crippen molar-refractivity contribution in [3.63, 3.8) is 0 Å². The zero-order valence-electron chi connectivity index (χ0n) is 7.41. The molecule has 0 bridgehead atoms. The topological polar surface area (TPSA) is 49.3 Å². The maximum absolute atomic E-state index is 10.7. The Hall–Kier alpha value is -0.220. The van der Waals surface area contributed by atoms with Crippen molar-refractivity contribution in [1.29, 1.82) is 0 Å². The van der Waals surface area contributed by atoms with Gasteiger partial charge in [0.2, 0.25) is 0 Å². The summed E-state index contributed by atoms with van der Waals surface area (Å²) >= 11 is 1.72. The van der Waals surface area contributed by atoms with Crippen molar-refractivity contribution in [1.82, 2.24) is 5.32 Å². The van der Waals surface area contributed by atoms with Crippen molar-refractivity contribution in [2.75, 3.05) is 11.5 Å². The molecule has 0 saturated carbocycles. The normalized spacial score (nSPS) is 29.6. The summed E-state index contributed by atoms with van der Waals surface area (Å²) in [7, 11) is 0. The Kier molecular flexibility index (Phi) is 3.40. The second-order valence-corrected chi connectivity index (χ2v) is 4.48. The molecule has 2 N–H and O–H groups in total. The number of carboxylic acids is 1. The molecule has 1 rings (SSSR count). The van der Waals surface area contributed by atoms with E-state index >= 15 is 0 Å². The third kappa shape index (κ3) is 2.38. The van der Waals surface area contributed by atoms with Crippen LogP contribution in [0.4, 0.5) is 0 Å². The monoisotopic (exact) mass is 189 g/mol. The fourth-order valence-corrected chi connectivity index (χ4v) is 2.74. The average molecular weight is 189 g/mol. The second-order valence-electron chi connectivity index (χ2n) is 3.41. The van der Waals surface area contributed by atoms with Crippen LogP contribution in [0.2, 0.25) is 0 Å². The summed E-state index contributed by atoms with van der Waals surface area (Å²) in [4.78, 5) is 10.7. The highest BCUT2D eigenvalue weighted by atomic mass is 32.2. The van der Waals surface area contributed by atoms with E-state index in [1.165, 1.54) is 0 Å². The molecule has 0 aromatic carbocycles. The van der Waals surface area contributed by atoms with E-state index < -0.39 is 5.97 Å². The molecule has 0 amide bonds. The minimum atomic E-state index is -0.668. The minimum Gasteiger partial charge on any atom is -0.481 e. The number of carboxylic acid groups (broad SMARTS) is 1. The number of rotatable bonds is 3. The van der Waals surface area contributed by atoms with Gasteiger partial charge >= 0.3 is 5.97 Å². The fraction of sp³-hybridized carbons (Fsp3) is 0.875. The molecule has 0 radical (unpaired) electrons. The van der Waals surface area contributed by atoms with Gasteiger partial charge in [-0.05, 0) is 0 Å². The van der Waals surface area contributed by atoms with Crippen LogP contribution in [0, 0.1) is 5.92 Å². The SMILES string of the molecule is CC(C)NC1CSCC1C(=O)O. The van der Waals surface area contributed by atoms with Crippen LogP contribution in [0.15, 0.2) is 0 Å². The smallest absolute Gasteiger partial charge is 0.308 e. The molecule has 0 spiro atoms. The molecular formula is C8H15NO2S. The number of hydrogen-bond acceptors (Lipinski definition) is 3. The van der Waals surface area contributed by atoms with Crippen LogP contribution in [0.1, 0.15) is 13.8 Å². The highest BCUT2D eigenvalue weighted by Crippen LogP contribution is 2.24. The first-order valence-electron chi connectivity index (χ1n) is 4.18. The summed E-state index contributed by atoms with van der Waals surface area (Å²) in [5, 5.41) is 12.1. The van der Waals surface area contributed by atoms with Gasteiger partial charge in [0.1, 0.15) is 0 Å². The lowest BCUT2D eigenvalue weighted by molar-refractivity contribution is -0.141. The maximum Gasteiger partial charge on any atom is 0.308 e. The van der Waals surface area contributed by atoms with Gasteiger partial charge in [-0.15, -0.1) is 0 Å². The molecule has 0 aromatic heterocycles. The Morgan fingerprint density at radius 1 is 1.58 bits per heavy atom. The van der Waals surface area contributed by atoms with Crippen LogP contribution in [0.25, 0.3) is 0 Å². The molecule has 0 aliphatic carbocycles. The Labute approximate surface area is 76.9 Å². The van der Waals surface area contributed by atoms with E-state index in [-0.39, 0.29) is 12.0 Å². The van der Waals surface area contributed by atoms with Crippen LogP contribution < -0.4 is 5.32 Å².